The third-order valence-corrected chi connectivity index (χ3v) is 4.40. The van der Waals surface area contributed by atoms with E-state index in [1.807, 2.05) is 30.3 Å². The molecule has 3 aromatic rings. The number of ether oxygens (including phenoxy) is 1. The molecule has 0 atom stereocenters. The minimum atomic E-state index is 0.243. The molecule has 0 spiro atoms. The van der Waals surface area contributed by atoms with Gasteiger partial charge >= 0.3 is 6.01 Å². The van der Waals surface area contributed by atoms with Gasteiger partial charge in [-0.05, 0) is 48.7 Å². The highest BCUT2D eigenvalue weighted by molar-refractivity contribution is 6.33. The molecule has 0 saturated heterocycles. The standard InChI is InChI=1S/C19H19ClN4O/c1-11-4-6-14(8-12(11)2)17-22-18(24-19(23-17)25-3)15-9-13(10-21)5-7-16(15)20/h4-9H,10,21H2,1-3H3. The Hall–Kier alpha value is -2.50. The predicted octanol–water partition coefficient (Wildman–Crippen LogP) is 3.94. The number of aryl methyl sites for hydroxylation is 2. The first kappa shape index (κ1) is 17.3. The van der Waals surface area contributed by atoms with Crippen LogP contribution in [0.3, 0.4) is 0 Å². The summed E-state index contributed by atoms with van der Waals surface area (Å²) >= 11 is 6.35. The highest BCUT2D eigenvalue weighted by Crippen LogP contribution is 2.29. The normalized spacial score (nSPS) is 10.8. The molecule has 3 rings (SSSR count). The van der Waals surface area contributed by atoms with Crippen molar-refractivity contribution in [3.8, 4) is 28.8 Å². The van der Waals surface area contributed by atoms with Crippen LogP contribution < -0.4 is 10.5 Å². The van der Waals surface area contributed by atoms with Crippen LogP contribution >= 0.6 is 11.6 Å². The first-order valence-corrected chi connectivity index (χ1v) is 8.26. The van der Waals surface area contributed by atoms with E-state index in [1.54, 1.807) is 6.07 Å². The Morgan fingerprint density at radius 1 is 0.960 bits per heavy atom. The van der Waals surface area contributed by atoms with Gasteiger partial charge < -0.3 is 10.5 Å². The molecule has 0 aliphatic carbocycles. The van der Waals surface area contributed by atoms with E-state index in [-0.39, 0.29) is 6.01 Å². The van der Waals surface area contributed by atoms with Crippen molar-refractivity contribution in [1.29, 1.82) is 0 Å². The van der Waals surface area contributed by atoms with E-state index in [9.17, 15) is 0 Å². The van der Waals surface area contributed by atoms with Crippen LogP contribution in [0.5, 0.6) is 6.01 Å². The van der Waals surface area contributed by atoms with Crippen molar-refractivity contribution >= 4 is 11.6 Å². The van der Waals surface area contributed by atoms with Crippen LogP contribution in [0, 0.1) is 13.8 Å². The van der Waals surface area contributed by atoms with Gasteiger partial charge in [0.15, 0.2) is 11.6 Å². The summed E-state index contributed by atoms with van der Waals surface area (Å²) in [5.74, 6) is 1.000. The van der Waals surface area contributed by atoms with Gasteiger partial charge in [-0.15, -0.1) is 0 Å². The fourth-order valence-electron chi connectivity index (χ4n) is 2.45. The summed E-state index contributed by atoms with van der Waals surface area (Å²) in [4.78, 5) is 13.3. The maximum Gasteiger partial charge on any atom is 0.320 e. The summed E-state index contributed by atoms with van der Waals surface area (Å²) < 4.78 is 5.26. The SMILES string of the molecule is COc1nc(-c2ccc(C)c(C)c2)nc(-c2cc(CN)ccc2Cl)n1. The van der Waals surface area contributed by atoms with E-state index >= 15 is 0 Å². The molecule has 0 aliphatic rings. The topological polar surface area (TPSA) is 73.9 Å². The average Bonchev–Trinajstić information content (AvgIpc) is 2.64. The molecule has 5 nitrogen and oxygen atoms in total. The van der Waals surface area contributed by atoms with Gasteiger partial charge in [0.1, 0.15) is 0 Å². The number of methoxy groups -OCH3 is 1. The first-order chi connectivity index (χ1) is 12.0. The molecule has 0 aliphatic heterocycles. The number of rotatable bonds is 4. The van der Waals surface area contributed by atoms with Crippen LogP contribution in [0.25, 0.3) is 22.8 Å². The Labute approximate surface area is 151 Å². The van der Waals surface area contributed by atoms with Crippen LogP contribution in [0.4, 0.5) is 0 Å². The van der Waals surface area contributed by atoms with E-state index in [1.165, 1.54) is 18.2 Å². The molecule has 6 heteroatoms. The number of aromatic nitrogens is 3. The lowest BCUT2D eigenvalue weighted by atomic mass is 10.1. The third-order valence-electron chi connectivity index (χ3n) is 4.07. The van der Waals surface area contributed by atoms with Crippen LogP contribution in [-0.4, -0.2) is 22.1 Å². The number of nitrogens with zero attached hydrogens (tertiary/aromatic N) is 3. The lowest BCUT2D eigenvalue weighted by Gasteiger charge is -2.10. The summed E-state index contributed by atoms with van der Waals surface area (Å²) in [6, 6.07) is 11.9. The molecule has 0 bridgehead atoms. The first-order valence-electron chi connectivity index (χ1n) is 7.88. The van der Waals surface area contributed by atoms with Gasteiger partial charge in [0, 0.05) is 17.7 Å². The van der Waals surface area contributed by atoms with E-state index in [4.69, 9.17) is 22.1 Å². The zero-order chi connectivity index (χ0) is 18.0. The number of halogens is 1. The Balaban J connectivity index is 2.17. The van der Waals surface area contributed by atoms with Crippen LogP contribution in [0.2, 0.25) is 5.02 Å². The van der Waals surface area contributed by atoms with Gasteiger partial charge in [0.05, 0.1) is 12.1 Å². The van der Waals surface area contributed by atoms with Crippen LogP contribution in [0.1, 0.15) is 16.7 Å². The second-order valence-electron chi connectivity index (χ2n) is 5.79. The average molecular weight is 355 g/mol. The van der Waals surface area contributed by atoms with Gasteiger partial charge in [-0.1, -0.05) is 29.8 Å². The van der Waals surface area contributed by atoms with Crippen LogP contribution in [0.15, 0.2) is 36.4 Å². The van der Waals surface area contributed by atoms with Gasteiger partial charge in [-0.3, -0.25) is 0 Å². The third kappa shape index (κ3) is 3.62. The molecule has 1 heterocycles. The summed E-state index contributed by atoms with van der Waals surface area (Å²) in [6.45, 7) is 4.53. The predicted molar refractivity (Wildman–Crippen MR) is 99.6 cm³/mol. The van der Waals surface area contributed by atoms with Crippen molar-refractivity contribution in [2.24, 2.45) is 5.73 Å². The van der Waals surface area contributed by atoms with Crippen molar-refractivity contribution < 1.29 is 4.74 Å². The fourth-order valence-corrected chi connectivity index (χ4v) is 2.65. The van der Waals surface area contributed by atoms with E-state index in [2.05, 4.69) is 28.8 Å². The zero-order valence-electron chi connectivity index (χ0n) is 14.4. The molecule has 2 aromatic carbocycles. The molecule has 0 saturated carbocycles. The van der Waals surface area contributed by atoms with Crippen molar-refractivity contribution in [2.75, 3.05) is 7.11 Å². The summed E-state index contributed by atoms with van der Waals surface area (Å²) in [5.41, 5.74) is 10.7. The maximum atomic E-state index is 6.35. The number of nitrogens with two attached hydrogens (primary N) is 1. The molecule has 25 heavy (non-hydrogen) atoms. The molecule has 128 valence electrons. The summed E-state index contributed by atoms with van der Waals surface area (Å²) in [7, 11) is 1.53. The van der Waals surface area contributed by atoms with E-state index in [0.29, 0.717) is 28.8 Å². The van der Waals surface area contributed by atoms with Crippen LogP contribution in [-0.2, 0) is 6.54 Å². The fraction of sp³-hybridized carbons (Fsp3) is 0.211. The highest BCUT2D eigenvalue weighted by atomic mass is 35.5. The molecule has 0 unspecified atom stereocenters. The van der Waals surface area contributed by atoms with Gasteiger partial charge in [-0.25, -0.2) is 4.98 Å². The number of hydrogen-bond donors (Lipinski definition) is 1. The Morgan fingerprint density at radius 3 is 2.40 bits per heavy atom. The lowest BCUT2D eigenvalue weighted by Crippen LogP contribution is -2.02. The zero-order valence-corrected chi connectivity index (χ0v) is 15.1. The van der Waals surface area contributed by atoms with E-state index in [0.717, 1.165) is 11.1 Å². The monoisotopic (exact) mass is 354 g/mol. The molecule has 0 fully saturated rings. The van der Waals surface area contributed by atoms with Crippen molar-refractivity contribution in [3.63, 3.8) is 0 Å². The second-order valence-corrected chi connectivity index (χ2v) is 6.19. The van der Waals surface area contributed by atoms with Crippen molar-refractivity contribution in [3.05, 3.63) is 58.1 Å². The van der Waals surface area contributed by atoms with Gasteiger partial charge in [0.25, 0.3) is 0 Å². The quantitative estimate of drug-likeness (QED) is 0.768. The Morgan fingerprint density at radius 2 is 1.72 bits per heavy atom. The van der Waals surface area contributed by atoms with Crippen molar-refractivity contribution in [2.45, 2.75) is 20.4 Å². The van der Waals surface area contributed by atoms with Gasteiger partial charge in [0.2, 0.25) is 0 Å². The molecule has 2 N–H and O–H groups in total. The molecule has 0 amide bonds. The summed E-state index contributed by atoms with van der Waals surface area (Å²) in [5, 5.41) is 0.552. The van der Waals surface area contributed by atoms with Crippen molar-refractivity contribution in [1.82, 2.24) is 15.0 Å². The number of benzene rings is 2. The number of hydrogen-bond acceptors (Lipinski definition) is 5. The Bertz CT molecular complexity index is 927. The minimum Gasteiger partial charge on any atom is -0.467 e. The smallest absolute Gasteiger partial charge is 0.320 e. The maximum absolute atomic E-state index is 6.35. The highest BCUT2D eigenvalue weighted by Gasteiger charge is 2.14. The largest absolute Gasteiger partial charge is 0.467 e. The minimum absolute atomic E-state index is 0.243. The molecular formula is C19H19ClN4O. The van der Waals surface area contributed by atoms with Gasteiger partial charge in [-0.2, -0.15) is 9.97 Å². The molecule has 1 aromatic heterocycles. The molecule has 0 radical (unpaired) electrons. The summed E-state index contributed by atoms with van der Waals surface area (Å²) in [6.07, 6.45) is 0. The Kier molecular flexibility index (Phi) is 4.97. The second kappa shape index (κ2) is 7.17. The lowest BCUT2D eigenvalue weighted by molar-refractivity contribution is 0.379. The molecular weight excluding hydrogens is 336 g/mol. The van der Waals surface area contributed by atoms with E-state index < -0.39 is 0 Å².